The van der Waals surface area contributed by atoms with Crippen molar-refractivity contribution in [2.75, 3.05) is 19.7 Å². The van der Waals surface area contributed by atoms with Crippen LogP contribution in [0.1, 0.15) is 31.5 Å². The zero-order chi connectivity index (χ0) is 13.2. The molecule has 2 aromatic rings. The molecule has 0 aliphatic carbocycles. The van der Waals surface area contributed by atoms with Gasteiger partial charge in [0.05, 0.1) is 17.6 Å². The molecule has 1 fully saturated rings. The number of nitrogens with one attached hydrogen (secondary N) is 1. The van der Waals surface area contributed by atoms with E-state index in [4.69, 9.17) is 9.72 Å². The highest BCUT2D eigenvalue weighted by molar-refractivity contribution is 5.77. The number of aryl methyl sites for hydroxylation is 1. The maximum Gasteiger partial charge on any atom is 0.121 e. The third-order valence-electron chi connectivity index (χ3n) is 3.86. The normalized spacial score (nSPS) is 19.8. The summed E-state index contributed by atoms with van der Waals surface area (Å²) in [7, 11) is 2.11. The topological polar surface area (TPSA) is 39.1 Å². The first-order chi connectivity index (χ1) is 9.29. The minimum Gasteiger partial charge on any atom is -0.494 e. The molecule has 2 heterocycles. The SMILES string of the molecule is CCOc1ccc2c(c1)nc(C1CCCNC1)n2C. The number of nitrogens with zero attached hydrogens (tertiary/aromatic N) is 2. The lowest BCUT2D eigenvalue weighted by molar-refractivity contribution is 0.340. The van der Waals surface area contributed by atoms with Gasteiger partial charge in [-0.25, -0.2) is 4.98 Å². The van der Waals surface area contributed by atoms with Crippen molar-refractivity contribution in [3.05, 3.63) is 24.0 Å². The summed E-state index contributed by atoms with van der Waals surface area (Å²) < 4.78 is 7.77. The molecule has 0 bridgehead atoms. The number of imidazole rings is 1. The molecule has 0 radical (unpaired) electrons. The van der Waals surface area contributed by atoms with Gasteiger partial charge in [-0.05, 0) is 38.4 Å². The van der Waals surface area contributed by atoms with Crippen LogP contribution in [0.5, 0.6) is 5.75 Å². The van der Waals surface area contributed by atoms with Crippen LogP contribution in [0.25, 0.3) is 11.0 Å². The van der Waals surface area contributed by atoms with Crippen LogP contribution >= 0.6 is 0 Å². The minimum absolute atomic E-state index is 0.529. The van der Waals surface area contributed by atoms with Crippen molar-refractivity contribution < 1.29 is 4.74 Å². The summed E-state index contributed by atoms with van der Waals surface area (Å²) in [6.07, 6.45) is 2.46. The maximum atomic E-state index is 5.55. The standard InChI is InChI=1S/C15H21N3O/c1-3-19-12-6-7-14-13(9-12)17-15(18(14)2)11-5-4-8-16-10-11/h6-7,9,11,16H,3-5,8,10H2,1-2H3. The Labute approximate surface area is 113 Å². The Balaban J connectivity index is 1.98. The molecule has 1 aliphatic rings. The number of fused-ring (bicyclic) bond motifs is 1. The fraction of sp³-hybridized carbons (Fsp3) is 0.533. The zero-order valence-electron chi connectivity index (χ0n) is 11.6. The van der Waals surface area contributed by atoms with E-state index in [0.717, 1.165) is 24.4 Å². The number of rotatable bonds is 3. The second-order valence-electron chi connectivity index (χ2n) is 5.16. The smallest absolute Gasteiger partial charge is 0.121 e. The van der Waals surface area contributed by atoms with Crippen LogP contribution in [0.4, 0.5) is 0 Å². The highest BCUT2D eigenvalue weighted by atomic mass is 16.5. The molecule has 1 atom stereocenters. The third-order valence-corrected chi connectivity index (χ3v) is 3.86. The van der Waals surface area contributed by atoms with E-state index >= 15 is 0 Å². The molecule has 1 unspecified atom stereocenters. The largest absolute Gasteiger partial charge is 0.494 e. The van der Waals surface area contributed by atoms with Gasteiger partial charge in [-0.3, -0.25) is 0 Å². The second kappa shape index (κ2) is 5.21. The summed E-state index contributed by atoms with van der Waals surface area (Å²) in [4.78, 5) is 4.82. The maximum absolute atomic E-state index is 5.55. The van der Waals surface area contributed by atoms with Crippen LogP contribution < -0.4 is 10.1 Å². The molecule has 0 saturated carbocycles. The number of hydrogen-bond acceptors (Lipinski definition) is 3. The molecule has 4 heteroatoms. The molecule has 1 saturated heterocycles. The van der Waals surface area contributed by atoms with E-state index in [-0.39, 0.29) is 0 Å². The van der Waals surface area contributed by atoms with Crippen molar-refractivity contribution >= 4 is 11.0 Å². The number of hydrogen-bond donors (Lipinski definition) is 1. The molecule has 1 aromatic carbocycles. The van der Waals surface area contributed by atoms with Crippen LogP contribution in [-0.2, 0) is 7.05 Å². The minimum atomic E-state index is 0.529. The molecule has 102 valence electrons. The van der Waals surface area contributed by atoms with Gasteiger partial charge >= 0.3 is 0 Å². The quantitative estimate of drug-likeness (QED) is 0.920. The summed E-state index contributed by atoms with van der Waals surface area (Å²) in [5.74, 6) is 2.62. The molecule has 1 aliphatic heterocycles. The van der Waals surface area contributed by atoms with Crippen LogP contribution in [0, 0.1) is 0 Å². The van der Waals surface area contributed by atoms with Crippen LogP contribution in [0.3, 0.4) is 0 Å². The molecule has 1 aromatic heterocycles. The van der Waals surface area contributed by atoms with Gasteiger partial charge in [0.2, 0.25) is 0 Å². The van der Waals surface area contributed by atoms with Crippen molar-refractivity contribution in [1.82, 2.24) is 14.9 Å². The van der Waals surface area contributed by atoms with Gasteiger partial charge < -0.3 is 14.6 Å². The van der Waals surface area contributed by atoms with Crippen molar-refractivity contribution in [1.29, 1.82) is 0 Å². The highest BCUT2D eigenvalue weighted by Crippen LogP contribution is 2.27. The second-order valence-corrected chi connectivity index (χ2v) is 5.16. The summed E-state index contributed by atoms with van der Waals surface area (Å²) in [6.45, 7) is 4.86. The van der Waals surface area contributed by atoms with Gasteiger partial charge in [-0.1, -0.05) is 0 Å². The predicted octanol–water partition coefficient (Wildman–Crippen LogP) is 2.44. The fourth-order valence-corrected chi connectivity index (χ4v) is 2.89. The molecular formula is C15H21N3O. The predicted molar refractivity (Wildman–Crippen MR) is 76.7 cm³/mol. The zero-order valence-corrected chi connectivity index (χ0v) is 11.6. The summed E-state index contributed by atoms with van der Waals surface area (Å²) in [6, 6.07) is 6.17. The first-order valence-electron chi connectivity index (χ1n) is 7.09. The summed E-state index contributed by atoms with van der Waals surface area (Å²) >= 11 is 0. The number of piperidine rings is 1. The van der Waals surface area contributed by atoms with E-state index < -0.39 is 0 Å². The number of aromatic nitrogens is 2. The van der Waals surface area contributed by atoms with E-state index in [1.807, 2.05) is 19.1 Å². The van der Waals surface area contributed by atoms with Gasteiger partial charge in [-0.2, -0.15) is 0 Å². The van der Waals surface area contributed by atoms with Crippen molar-refractivity contribution in [3.8, 4) is 5.75 Å². The Morgan fingerprint density at radius 3 is 3.11 bits per heavy atom. The Kier molecular flexibility index (Phi) is 3.42. The average molecular weight is 259 g/mol. The molecule has 0 spiro atoms. The molecule has 1 N–H and O–H groups in total. The molecule has 4 nitrogen and oxygen atoms in total. The first-order valence-corrected chi connectivity index (χ1v) is 7.09. The van der Waals surface area contributed by atoms with Gasteiger partial charge in [0.15, 0.2) is 0 Å². The Bertz CT molecular complexity index is 570. The molecular weight excluding hydrogens is 238 g/mol. The summed E-state index contributed by atoms with van der Waals surface area (Å²) in [5.41, 5.74) is 2.22. The Hall–Kier alpha value is -1.55. The van der Waals surface area contributed by atoms with E-state index in [0.29, 0.717) is 12.5 Å². The van der Waals surface area contributed by atoms with Crippen LogP contribution in [0.15, 0.2) is 18.2 Å². The Morgan fingerprint density at radius 2 is 2.37 bits per heavy atom. The number of benzene rings is 1. The molecule has 0 amide bonds. The third kappa shape index (κ3) is 2.32. The highest BCUT2D eigenvalue weighted by Gasteiger charge is 2.20. The van der Waals surface area contributed by atoms with E-state index in [1.54, 1.807) is 0 Å². The van der Waals surface area contributed by atoms with Crippen molar-refractivity contribution in [2.45, 2.75) is 25.7 Å². The van der Waals surface area contributed by atoms with Gasteiger partial charge in [0.25, 0.3) is 0 Å². The van der Waals surface area contributed by atoms with Crippen molar-refractivity contribution in [3.63, 3.8) is 0 Å². The summed E-state index contributed by atoms with van der Waals surface area (Å²) in [5, 5.41) is 3.46. The average Bonchev–Trinajstić information content (AvgIpc) is 2.77. The lowest BCUT2D eigenvalue weighted by atomic mass is 9.99. The van der Waals surface area contributed by atoms with E-state index in [1.165, 1.54) is 24.2 Å². The first kappa shape index (κ1) is 12.5. The number of ether oxygens (including phenoxy) is 1. The van der Waals surface area contributed by atoms with Gasteiger partial charge in [-0.15, -0.1) is 0 Å². The van der Waals surface area contributed by atoms with Crippen LogP contribution in [0.2, 0.25) is 0 Å². The molecule has 3 rings (SSSR count). The van der Waals surface area contributed by atoms with Crippen LogP contribution in [-0.4, -0.2) is 29.2 Å². The van der Waals surface area contributed by atoms with Gasteiger partial charge in [0.1, 0.15) is 11.6 Å². The molecule has 19 heavy (non-hydrogen) atoms. The monoisotopic (exact) mass is 259 g/mol. The fourth-order valence-electron chi connectivity index (χ4n) is 2.89. The van der Waals surface area contributed by atoms with E-state index in [9.17, 15) is 0 Å². The lowest BCUT2D eigenvalue weighted by Crippen LogP contribution is -2.29. The van der Waals surface area contributed by atoms with Crippen molar-refractivity contribution in [2.24, 2.45) is 7.05 Å². The lowest BCUT2D eigenvalue weighted by Gasteiger charge is -2.22. The van der Waals surface area contributed by atoms with E-state index in [2.05, 4.69) is 23.0 Å². The van der Waals surface area contributed by atoms with Gasteiger partial charge in [0, 0.05) is 25.6 Å². The Morgan fingerprint density at radius 1 is 1.47 bits per heavy atom.